The van der Waals surface area contributed by atoms with Gasteiger partial charge in [-0.3, -0.25) is 9.59 Å². The molecule has 2 aromatic rings. The molecular weight excluding hydrogens is 328 g/mol. The van der Waals surface area contributed by atoms with Gasteiger partial charge in [-0.15, -0.1) is 0 Å². The molecule has 0 spiro atoms. The standard InChI is InChI=1S/C17H18N2O4S/c1-2-16(20)12-6-8-14(9-7-12)24(22,23)15-5-3-4-13(10-15)19-17(21)11-18/h3-10H,2,11,18H2,1H3,(H,19,21). The molecule has 126 valence electrons. The number of hydrogen-bond donors (Lipinski definition) is 2. The van der Waals surface area contributed by atoms with Crippen LogP contribution in [0.3, 0.4) is 0 Å². The highest BCUT2D eigenvalue weighted by molar-refractivity contribution is 7.91. The lowest BCUT2D eigenvalue weighted by atomic mass is 10.1. The summed E-state index contributed by atoms with van der Waals surface area (Å²) < 4.78 is 25.3. The van der Waals surface area contributed by atoms with Gasteiger partial charge in [0.25, 0.3) is 0 Å². The van der Waals surface area contributed by atoms with E-state index >= 15 is 0 Å². The van der Waals surface area contributed by atoms with Crippen LogP contribution in [-0.2, 0) is 14.6 Å². The fourth-order valence-corrected chi connectivity index (χ4v) is 3.42. The SMILES string of the molecule is CCC(=O)c1ccc(S(=O)(=O)c2cccc(NC(=O)CN)c2)cc1. The van der Waals surface area contributed by atoms with Crippen molar-refractivity contribution in [2.45, 2.75) is 23.1 Å². The molecule has 0 aliphatic carbocycles. The summed E-state index contributed by atoms with van der Waals surface area (Å²) in [6, 6.07) is 11.7. The first-order valence-corrected chi connectivity index (χ1v) is 8.85. The lowest BCUT2D eigenvalue weighted by Crippen LogP contribution is -2.21. The smallest absolute Gasteiger partial charge is 0.238 e. The molecule has 0 radical (unpaired) electrons. The Bertz CT molecular complexity index is 858. The number of Topliss-reactive ketones (excluding diaryl/α,β-unsaturated/α-hetero) is 1. The van der Waals surface area contributed by atoms with E-state index in [1.165, 1.54) is 42.5 Å². The number of rotatable bonds is 6. The van der Waals surface area contributed by atoms with E-state index in [0.29, 0.717) is 17.7 Å². The highest BCUT2D eigenvalue weighted by Crippen LogP contribution is 2.24. The van der Waals surface area contributed by atoms with Crippen LogP contribution in [0.1, 0.15) is 23.7 Å². The molecule has 24 heavy (non-hydrogen) atoms. The number of benzene rings is 2. The van der Waals surface area contributed by atoms with Crippen molar-refractivity contribution < 1.29 is 18.0 Å². The Labute approximate surface area is 140 Å². The van der Waals surface area contributed by atoms with Crippen LogP contribution >= 0.6 is 0 Å². The van der Waals surface area contributed by atoms with Crippen molar-refractivity contribution in [1.82, 2.24) is 0 Å². The van der Waals surface area contributed by atoms with Gasteiger partial charge >= 0.3 is 0 Å². The predicted molar refractivity (Wildman–Crippen MR) is 90.6 cm³/mol. The van der Waals surface area contributed by atoms with Gasteiger partial charge in [0.2, 0.25) is 15.7 Å². The molecule has 2 aromatic carbocycles. The normalized spacial score (nSPS) is 11.1. The van der Waals surface area contributed by atoms with Crippen LogP contribution < -0.4 is 11.1 Å². The molecule has 7 heteroatoms. The minimum atomic E-state index is -3.75. The number of sulfone groups is 1. The Morgan fingerprint density at radius 2 is 1.71 bits per heavy atom. The Morgan fingerprint density at radius 3 is 2.29 bits per heavy atom. The molecular formula is C17H18N2O4S. The third-order valence-electron chi connectivity index (χ3n) is 3.42. The van der Waals surface area contributed by atoms with Gasteiger partial charge in [-0.1, -0.05) is 25.1 Å². The Balaban J connectivity index is 2.35. The number of hydrogen-bond acceptors (Lipinski definition) is 5. The van der Waals surface area contributed by atoms with Crippen molar-refractivity contribution in [2.75, 3.05) is 11.9 Å². The summed E-state index contributed by atoms with van der Waals surface area (Å²) in [5, 5.41) is 2.51. The number of nitrogens with two attached hydrogens (primary N) is 1. The van der Waals surface area contributed by atoms with E-state index < -0.39 is 15.7 Å². The molecule has 0 aliphatic rings. The van der Waals surface area contributed by atoms with Gasteiger partial charge in [-0.25, -0.2) is 8.42 Å². The fraction of sp³-hybridized carbons (Fsp3) is 0.176. The molecule has 6 nitrogen and oxygen atoms in total. The first kappa shape index (κ1) is 17.8. The molecule has 0 heterocycles. The molecule has 0 bridgehead atoms. The molecule has 0 aromatic heterocycles. The van der Waals surface area contributed by atoms with Crippen molar-refractivity contribution in [3.8, 4) is 0 Å². The monoisotopic (exact) mass is 346 g/mol. The zero-order chi connectivity index (χ0) is 17.7. The van der Waals surface area contributed by atoms with E-state index in [9.17, 15) is 18.0 Å². The highest BCUT2D eigenvalue weighted by atomic mass is 32.2. The van der Waals surface area contributed by atoms with E-state index in [0.717, 1.165) is 0 Å². The van der Waals surface area contributed by atoms with Crippen LogP contribution in [0.15, 0.2) is 58.3 Å². The molecule has 0 atom stereocenters. The zero-order valence-corrected chi connectivity index (χ0v) is 14.0. The topological polar surface area (TPSA) is 106 Å². The zero-order valence-electron chi connectivity index (χ0n) is 13.2. The molecule has 0 unspecified atom stereocenters. The summed E-state index contributed by atoms with van der Waals surface area (Å²) in [6.45, 7) is 1.55. The van der Waals surface area contributed by atoms with E-state index in [1.54, 1.807) is 13.0 Å². The third kappa shape index (κ3) is 3.87. The van der Waals surface area contributed by atoms with E-state index in [2.05, 4.69) is 5.32 Å². The van der Waals surface area contributed by atoms with Gasteiger partial charge in [-0.2, -0.15) is 0 Å². The Morgan fingerprint density at radius 1 is 1.04 bits per heavy atom. The maximum Gasteiger partial charge on any atom is 0.238 e. The average molecular weight is 346 g/mol. The fourth-order valence-electron chi connectivity index (χ4n) is 2.11. The van der Waals surface area contributed by atoms with Crippen LogP contribution in [0.5, 0.6) is 0 Å². The van der Waals surface area contributed by atoms with Crippen molar-refractivity contribution in [1.29, 1.82) is 0 Å². The minimum Gasteiger partial charge on any atom is -0.325 e. The number of carbonyl (C=O) groups is 2. The number of anilines is 1. The van der Waals surface area contributed by atoms with Crippen LogP contribution in [0.2, 0.25) is 0 Å². The summed E-state index contributed by atoms with van der Waals surface area (Å²) in [6.07, 6.45) is 0.356. The summed E-state index contributed by atoms with van der Waals surface area (Å²) >= 11 is 0. The second-order valence-electron chi connectivity index (χ2n) is 5.08. The summed E-state index contributed by atoms with van der Waals surface area (Å²) in [5.74, 6) is -0.461. The van der Waals surface area contributed by atoms with Crippen molar-refractivity contribution >= 4 is 27.2 Å². The van der Waals surface area contributed by atoms with Crippen LogP contribution in [-0.4, -0.2) is 26.7 Å². The number of carbonyl (C=O) groups excluding carboxylic acids is 2. The predicted octanol–water partition coefficient (Wildman–Crippen LogP) is 2.01. The van der Waals surface area contributed by atoms with Crippen LogP contribution in [0.4, 0.5) is 5.69 Å². The van der Waals surface area contributed by atoms with Crippen molar-refractivity contribution in [3.63, 3.8) is 0 Å². The van der Waals surface area contributed by atoms with E-state index in [4.69, 9.17) is 5.73 Å². The van der Waals surface area contributed by atoms with Gasteiger partial charge < -0.3 is 11.1 Å². The number of nitrogens with one attached hydrogen (secondary N) is 1. The lowest BCUT2D eigenvalue weighted by Gasteiger charge is -2.08. The summed E-state index contributed by atoms with van der Waals surface area (Å²) in [7, 11) is -3.75. The Kier molecular flexibility index (Phi) is 5.48. The lowest BCUT2D eigenvalue weighted by molar-refractivity contribution is -0.114. The number of ketones is 1. The van der Waals surface area contributed by atoms with E-state index in [-0.39, 0.29) is 22.1 Å². The van der Waals surface area contributed by atoms with Gasteiger partial charge in [0.1, 0.15) is 0 Å². The average Bonchev–Trinajstić information content (AvgIpc) is 2.61. The van der Waals surface area contributed by atoms with Gasteiger partial charge in [-0.05, 0) is 30.3 Å². The molecule has 0 fully saturated rings. The largest absolute Gasteiger partial charge is 0.325 e. The Hall–Kier alpha value is -2.51. The maximum atomic E-state index is 12.7. The summed E-state index contributed by atoms with van der Waals surface area (Å²) in [4.78, 5) is 23.1. The van der Waals surface area contributed by atoms with Crippen molar-refractivity contribution in [2.24, 2.45) is 5.73 Å². The van der Waals surface area contributed by atoms with Gasteiger partial charge in [0, 0.05) is 17.7 Å². The highest BCUT2D eigenvalue weighted by Gasteiger charge is 2.18. The molecule has 1 amide bonds. The quantitative estimate of drug-likeness (QED) is 0.778. The molecule has 0 aliphatic heterocycles. The van der Waals surface area contributed by atoms with Crippen molar-refractivity contribution in [3.05, 3.63) is 54.1 Å². The third-order valence-corrected chi connectivity index (χ3v) is 5.19. The molecule has 0 saturated heterocycles. The molecule has 2 rings (SSSR count). The van der Waals surface area contributed by atoms with E-state index in [1.807, 2.05) is 0 Å². The maximum absolute atomic E-state index is 12.7. The molecule has 0 saturated carbocycles. The number of amides is 1. The molecule has 3 N–H and O–H groups in total. The first-order chi connectivity index (χ1) is 11.4. The van der Waals surface area contributed by atoms with Gasteiger partial charge in [0.05, 0.1) is 16.3 Å². The van der Waals surface area contributed by atoms with Crippen LogP contribution in [0.25, 0.3) is 0 Å². The summed E-state index contributed by atoms with van der Waals surface area (Å²) in [5.41, 5.74) is 6.05. The second kappa shape index (κ2) is 7.37. The van der Waals surface area contributed by atoms with Crippen LogP contribution in [0, 0.1) is 0 Å². The second-order valence-corrected chi connectivity index (χ2v) is 7.03. The first-order valence-electron chi connectivity index (χ1n) is 7.37. The minimum absolute atomic E-state index is 0.0480. The van der Waals surface area contributed by atoms with Gasteiger partial charge in [0.15, 0.2) is 5.78 Å².